The van der Waals surface area contributed by atoms with Gasteiger partial charge in [-0.05, 0) is 76.0 Å². The molecule has 0 spiro atoms. The lowest BCUT2D eigenvalue weighted by atomic mass is 9.86. The minimum Gasteiger partial charge on any atom is -0.352 e. The molecule has 1 unspecified atom stereocenters. The third-order valence-electron chi connectivity index (χ3n) is 6.91. The van der Waals surface area contributed by atoms with Crippen molar-refractivity contribution in [1.82, 2.24) is 15.5 Å². The monoisotopic (exact) mass is 507 g/mol. The van der Waals surface area contributed by atoms with Gasteiger partial charge in [0.05, 0.1) is 17.7 Å². The Hall–Kier alpha value is -2.30. The fourth-order valence-corrected chi connectivity index (χ4v) is 4.80. The molecular weight excluding hydrogens is 476 g/mol. The summed E-state index contributed by atoms with van der Waals surface area (Å²) in [6.07, 6.45) is -3.85. The number of carbonyl (C=O) groups excluding carboxylic acids is 2. The van der Waals surface area contributed by atoms with Crippen LogP contribution in [0, 0.1) is 5.92 Å². The molecule has 11 heteroatoms. The Morgan fingerprint density at radius 3 is 2.06 bits per heavy atom. The number of nitrogens with one attached hydrogen (secondary N) is 2. The van der Waals surface area contributed by atoms with Gasteiger partial charge in [-0.3, -0.25) is 9.59 Å². The summed E-state index contributed by atoms with van der Waals surface area (Å²) >= 11 is 0. The number of hydrogen-bond donors (Lipinski definition) is 2. The predicted molar refractivity (Wildman–Crippen MR) is 118 cm³/mol. The molecule has 2 aliphatic rings. The smallest absolute Gasteiger partial charge is 0.352 e. The van der Waals surface area contributed by atoms with Crippen molar-refractivity contribution in [3.63, 3.8) is 0 Å². The lowest BCUT2D eigenvalue weighted by molar-refractivity contribution is -0.143. The quantitative estimate of drug-likeness (QED) is 0.533. The second-order valence-corrected chi connectivity index (χ2v) is 9.54. The Kier molecular flexibility index (Phi) is 8.72. The van der Waals surface area contributed by atoms with Crippen LogP contribution in [0.3, 0.4) is 0 Å². The number of amides is 2. The van der Waals surface area contributed by atoms with Gasteiger partial charge in [0.1, 0.15) is 0 Å². The highest BCUT2D eigenvalue weighted by Crippen LogP contribution is 2.36. The van der Waals surface area contributed by atoms with Gasteiger partial charge in [0.15, 0.2) is 0 Å². The summed E-state index contributed by atoms with van der Waals surface area (Å²) in [7, 11) is 0. The van der Waals surface area contributed by atoms with E-state index in [2.05, 4.69) is 17.6 Å². The molecule has 1 saturated carbocycles. The molecule has 2 amide bonds. The molecule has 1 aliphatic heterocycles. The van der Waals surface area contributed by atoms with E-state index in [0.29, 0.717) is 12.1 Å². The van der Waals surface area contributed by atoms with Crippen molar-refractivity contribution in [3.05, 3.63) is 34.9 Å². The number of likely N-dealkylation sites (tertiary alicyclic amines) is 1. The number of hydrogen-bond acceptors (Lipinski definition) is 3. The molecule has 1 aromatic carbocycles. The lowest BCUT2D eigenvalue weighted by Gasteiger charge is -2.34. The molecule has 196 valence electrons. The maximum atomic E-state index is 13.0. The molecule has 1 aliphatic carbocycles. The third-order valence-corrected chi connectivity index (χ3v) is 6.91. The van der Waals surface area contributed by atoms with Crippen molar-refractivity contribution in [2.45, 2.75) is 76.3 Å². The molecule has 0 aromatic heterocycles. The van der Waals surface area contributed by atoms with Crippen LogP contribution in [0.4, 0.5) is 26.3 Å². The van der Waals surface area contributed by atoms with E-state index in [9.17, 15) is 35.9 Å². The molecule has 0 radical (unpaired) electrons. The van der Waals surface area contributed by atoms with Crippen molar-refractivity contribution < 1.29 is 35.9 Å². The van der Waals surface area contributed by atoms with E-state index in [0.717, 1.165) is 51.5 Å². The first kappa shape index (κ1) is 27.3. The molecule has 35 heavy (non-hydrogen) atoms. The van der Waals surface area contributed by atoms with Crippen LogP contribution in [0.1, 0.15) is 73.4 Å². The van der Waals surface area contributed by atoms with Crippen molar-refractivity contribution in [2.75, 3.05) is 19.6 Å². The van der Waals surface area contributed by atoms with Gasteiger partial charge in [0.2, 0.25) is 5.91 Å². The van der Waals surface area contributed by atoms with Crippen LogP contribution in [-0.4, -0.2) is 48.4 Å². The molecule has 2 fully saturated rings. The van der Waals surface area contributed by atoms with Gasteiger partial charge in [-0.1, -0.05) is 0 Å². The number of piperidine rings is 1. The summed E-state index contributed by atoms with van der Waals surface area (Å²) in [5.74, 6) is -0.822. The second-order valence-electron chi connectivity index (χ2n) is 9.54. The first-order valence-electron chi connectivity index (χ1n) is 11.9. The van der Waals surface area contributed by atoms with Crippen molar-refractivity contribution in [3.8, 4) is 0 Å². The lowest BCUT2D eigenvalue weighted by Crippen LogP contribution is -2.48. The maximum Gasteiger partial charge on any atom is 0.416 e. The Morgan fingerprint density at radius 2 is 1.51 bits per heavy atom. The van der Waals surface area contributed by atoms with Crippen LogP contribution >= 0.6 is 0 Å². The molecule has 0 bridgehead atoms. The highest BCUT2D eigenvalue weighted by molar-refractivity contribution is 5.94. The SMILES string of the molecule is CC1CCCCN1C(=O)CNC1CCC(CNC(=O)c2cc(C(F)(F)F)cc(C(F)(F)F)c2)CC1. The molecule has 1 heterocycles. The van der Waals surface area contributed by atoms with E-state index in [-0.39, 0.29) is 43.1 Å². The van der Waals surface area contributed by atoms with E-state index in [1.807, 2.05) is 4.90 Å². The van der Waals surface area contributed by atoms with Gasteiger partial charge in [-0.2, -0.15) is 26.3 Å². The van der Waals surface area contributed by atoms with Gasteiger partial charge in [0.25, 0.3) is 5.91 Å². The van der Waals surface area contributed by atoms with Gasteiger partial charge in [-0.15, -0.1) is 0 Å². The predicted octanol–water partition coefficient (Wildman–Crippen LogP) is 5.00. The molecule has 1 saturated heterocycles. The highest BCUT2D eigenvalue weighted by Gasteiger charge is 2.37. The fourth-order valence-electron chi connectivity index (χ4n) is 4.80. The van der Waals surface area contributed by atoms with Crippen LogP contribution in [0.25, 0.3) is 0 Å². The minimum absolute atomic E-state index is 0.00172. The zero-order chi connectivity index (χ0) is 25.8. The van der Waals surface area contributed by atoms with Crippen LogP contribution in [-0.2, 0) is 17.1 Å². The molecule has 1 atom stereocenters. The van der Waals surface area contributed by atoms with Gasteiger partial charge < -0.3 is 15.5 Å². The van der Waals surface area contributed by atoms with Crippen LogP contribution in [0.5, 0.6) is 0 Å². The average Bonchev–Trinajstić information content (AvgIpc) is 2.80. The Morgan fingerprint density at radius 1 is 0.914 bits per heavy atom. The largest absolute Gasteiger partial charge is 0.416 e. The van der Waals surface area contributed by atoms with Crippen LogP contribution < -0.4 is 10.6 Å². The van der Waals surface area contributed by atoms with E-state index in [1.54, 1.807) is 0 Å². The summed E-state index contributed by atoms with van der Waals surface area (Å²) in [6, 6.07) is 1.28. The van der Waals surface area contributed by atoms with Crippen molar-refractivity contribution in [1.29, 1.82) is 0 Å². The number of carbonyl (C=O) groups is 2. The maximum absolute atomic E-state index is 13.0. The summed E-state index contributed by atoms with van der Waals surface area (Å²) in [5.41, 5.74) is -3.71. The molecule has 2 N–H and O–H groups in total. The number of benzene rings is 1. The third kappa shape index (κ3) is 7.59. The Balaban J connectivity index is 1.47. The summed E-state index contributed by atoms with van der Waals surface area (Å²) in [4.78, 5) is 26.8. The van der Waals surface area contributed by atoms with Crippen molar-refractivity contribution >= 4 is 11.8 Å². The van der Waals surface area contributed by atoms with Crippen LogP contribution in [0.15, 0.2) is 18.2 Å². The zero-order valence-electron chi connectivity index (χ0n) is 19.6. The van der Waals surface area contributed by atoms with Gasteiger partial charge >= 0.3 is 12.4 Å². The van der Waals surface area contributed by atoms with Crippen molar-refractivity contribution in [2.24, 2.45) is 5.92 Å². The second kappa shape index (κ2) is 11.2. The Labute approximate surface area is 200 Å². The molecule has 3 rings (SSSR count). The average molecular weight is 508 g/mol. The Bertz CT molecular complexity index is 862. The first-order chi connectivity index (χ1) is 16.3. The molecule has 1 aromatic rings. The number of nitrogens with zero attached hydrogens (tertiary/aromatic N) is 1. The molecule has 5 nitrogen and oxygen atoms in total. The number of alkyl halides is 6. The topological polar surface area (TPSA) is 61.4 Å². The summed E-state index contributed by atoms with van der Waals surface area (Å²) in [6.45, 7) is 3.27. The molecular formula is C24H31F6N3O2. The fraction of sp³-hybridized carbons (Fsp3) is 0.667. The number of rotatable bonds is 6. The van der Waals surface area contributed by atoms with E-state index < -0.39 is 35.0 Å². The van der Waals surface area contributed by atoms with E-state index in [4.69, 9.17) is 0 Å². The standard InChI is InChI=1S/C24H31F6N3O2/c1-15-4-2-3-9-33(15)21(34)14-31-20-7-5-16(6-8-20)13-32-22(35)17-10-18(23(25,26)27)12-19(11-17)24(28,29)30/h10-12,15-16,20,31H,2-9,13-14H2,1H3,(H,32,35). The van der Waals surface area contributed by atoms with E-state index in [1.165, 1.54) is 0 Å². The zero-order valence-corrected chi connectivity index (χ0v) is 19.6. The van der Waals surface area contributed by atoms with Gasteiger partial charge in [0, 0.05) is 30.7 Å². The number of halogens is 6. The normalized spacial score (nSPS) is 23.7. The first-order valence-corrected chi connectivity index (χ1v) is 11.9. The summed E-state index contributed by atoms with van der Waals surface area (Å²) in [5, 5.41) is 5.78. The summed E-state index contributed by atoms with van der Waals surface area (Å²) < 4.78 is 78.1. The highest BCUT2D eigenvalue weighted by atomic mass is 19.4. The van der Waals surface area contributed by atoms with E-state index >= 15 is 0 Å². The van der Waals surface area contributed by atoms with Crippen LogP contribution in [0.2, 0.25) is 0 Å². The van der Waals surface area contributed by atoms with Gasteiger partial charge in [-0.25, -0.2) is 0 Å². The minimum atomic E-state index is -5.00.